The molecule has 0 aliphatic rings. The van der Waals surface area contributed by atoms with E-state index in [1.165, 1.54) is 12.1 Å². The number of amides is 1. The van der Waals surface area contributed by atoms with E-state index in [4.69, 9.17) is 9.15 Å². The van der Waals surface area contributed by atoms with Crippen molar-refractivity contribution in [3.63, 3.8) is 0 Å². The molecule has 0 bridgehead atoms. The lowest BCUT2D eigenvalue weighted by Gasteiger charge is -2.11. The third-order valence-electron chi connectivity index (χ3n) is 4.10. The quantitative estimate of drug-likeness (QED) is 0.691. The Morgan fingerprint density at radius 3 is 2.74 bits per heavy atom. The van der Waals surface area contributed by atoms with Crippen molar-refractivity contribution in [1.29, 1.82) is 0 Å². The van der Waals surface area contributed by atoms with E-state index in [-0.39, 0.29) is 24.2 Å². The van der Waals surface area contributed by atoms with E-state index in [9.17, 15) is 9.18 Å². The molecule has 7 heteroatoms. The van der Waals surface area contributed by atoms with Crippen LogP contribution < -0.4 is 10.1 Å². The van der Waals surface area contributed by atoms with E-state index in [1.54, 1.807) is 25.3 Å². The molecule has 1 unspecified atom stereocenters. The highest BCUT2D eigenvalue weighted by Crippen LogP contribution is 2.22. The van der Waals surface area contributed by atoms with Crippen molar-refractivity contribution >= 4 is 5.91 Å². The summed E-state index contributed by atoms with van der Waals surface area (Å²) in [4.78, 5) is 12.3. The lowest BCUT2D eigenvalue weighted by atomic mass is 10.0. The summed E-state index contributed by atoms with van der Waals surface area (Å²) in [6, 6.07) is 13.4. The minimum Gasteiger partial charge on any atom is -0.497 e. The van der Waals surface area contributed by atoms with Crippen LogP contribution in [0.5, 0.6) is 5.75 Å². The van der Waals surface area contributed by atoms with Gasteiger partial charge in [0.1, 0.15) is 11.6 Å². The molecule has 1 aromatic heterocycles. The molecule has 2 aromatic carbocycles. The van der Waals surface area contributed by atoms with Crippen LogP contribution >= 0.6 is 0 Å². The highest BCUT2D eigenvalue weighted by molar-refractivity contribution is 5.78. The number of nitrogens with zero attached hydrogens (tertiary/aromatic N) is 2. The maximum absolute atomic E-state index is 12.9. The van der Waals surface area contributed by atoms with Crippen molar-refractivity contribution in [2.24, 2.45) is 5.92 Å². The van der Waals surface area contributed by atoms with Crippen LogP contribution in [0.15, 0.2) is 52.9 Å². The number of aromatic nitrogens is 2. The number of hydrogen-bond acceptors (Lipinski definition) is 5. The summed E-state index contributed by atoms with van der Waals surface area (Å²) in [5, 5.41) is 10.7. The standard InChI is InChI=1S/C20H20FN3O3/c1-13(10-14-6-8-16(21)9-7-14)19(25)22-12-18-23-24-20(27-18)15-4-3-5-17(11-15)26-2/h3-9,11,13H,10,12H2,1-2H3,(H,22,25). The predicted molar refractivity (Wildman–Crippen MR) is 97.4 cm³/mol. The van der Waals surface area contributed by atoms with Crippen LogP contribution in [0.3, 0.4) is 0 Å². The number of benzene rings is 2. The Bertz CT molecular complexity index is 909. The zero-order valence-electron chi connectivity index (χ0n) is 15.1. The zero-order chi connectivity index (χ0) is 19.2. The molecule has 0 saturated heterocycles. The molecule has 3 rings (SSSR count). The molecule has 6 nitrogen and oxygen atoms in total. The predicted octanol–water partition coefficient (Wildman–Crippen LogP) is 3.38. The third kappa shape index (κ3) is 4.91. The van der Waals surface area contributed by atoms with Gasteiger partial charge in [-0.2, -0.15) is 0 Å². The first-order valence-corrected chi connectivity index (χ1v) is 8.54. The molecule has 1 heterocycles. The largest absolute Gasteiger partial charge is 0.497 e. The molecule has 140 valence electrons. The second-order valence-corrected chi connectivity index (χ2v) is 6.18. The molecule has 0 fully saturated rings. The molecule has 1 N–H and O–H groups in total. The van der Waals surface area contributed by atoms with Crippen LogP contribution in [0.1, 0.15) is 18.4 Å². The van der Waals surface area contributed by atoms with Crippen molar-refractivity contribution in [3.05, 3.63) is 65.8 Å². The number of methoxy groups -OCH3 is 1. The lowest BCUT2D eigenvalue weighted by molar-refractivity contribution is -0.124. The average molecular weight is 369 g/mol. The fourth-order valence-corrected chi connectivity index (χ4v) is 2.60. The second kappa shape index (κ2) is 8.44. The topological polar surface area (TPSA) is 77.3 Å². The van der Waals surface area contributed by atoms with Gasteiger partial charge in [0.2, 0.25) is 17.7 Å². The summed E-state index contributed by atoms with van der Waals surface area (Å²) in [5.74, 6) is 0.665. The number of ether oxygens (including phenoxy) is 1. The minimum atomic E-state index is -0.293. The van der Waals surface area contributed by atoms with Gasteiger partial charge in [-0.15, -0.1) is 10.2 Å². The van der Waals surface area contributed by atoms with Crippen molar-refractivity contribution < 1.29 is 18.3 Å². The first kappa shape index (κ1) is 18.6. The molecule has 0 saturated carbocycles. The maximum Gasteiger partial charge on any atom is 0.247 e. The smallest absolute Gasteiger partial charge is 0.247 e. The van der Waals surface area contributed by atoms with Gasteiger partial charge in [0.25, 0.3) is 0 Å². The van der Waals surface area contributed by atoms with Crippen molar-refractivity contribution in [1.82, 2.24) is 15.5 Å². The molecular weight excluding hydrogens is 349 g/mol. The van der Waals surface area contributed by atoms with E-state index in [0.29, 0.717) is 24.0 Å². The van der Waals surface area contributed by atoms with Gasteiger partial charge >= 0.3 is 0 Å². The highest BCUT2D eigenvalue weighted by atomic mass is 19.1. The van der Waals surface area contributed by atoms with E-state index >= 15 is 0 Å². The number of nitrogens with one attached hydrogen (secondary N) is 1. The number of carbonyl (C=O) groups is 1. The lowest BCUT2D eigenvalue weighted by Crippen LogP contribution is -2.30. The van der Waals surface area contributed by atoms with E-state index < -0.39 is 0 Å². The van der Waals surface area contributed by atoms with E-state index in [2.05, 4.69) is 15.5 Å². The molecule has 0 aliphatic heterocycles. The number of carbonyl (C=O) groups excluding carboxylic acids is 1. The first-order valence-electron chi connectivity index (χ1n) is 8.54. The fraction of sp³-hybridized carbons (Fsp3) is 0.250. The van der Waals surface area contributed by atoms with E-state index in [1.807, 2.05) is 25.1 Å². The number of rotatable bonds is 7. The SMILES string of the molecule is COc1cccc(-c2nnc(CNC(=O)C(C)Cc3ccc(F)cc3)o2)c1. The average Bonchev–Trinajstić information content (AvgIpc) is 3.17. The number of halogens is 1. The van der Waals surface area contributed by atoms with Crippen LogP contribution in [-0.2, 0) is 17.8 Å². The number of hydrogen-bond donors (Lipinski definition) is 1. The summed E-state index contributed by atoms with van der Waals surface area (Å²) >= 11 is 0. The zero-order valence-corrected chi connectivity index (χ0v) is 15.1. The van der Waals surface area contributed by atoms with Crippen molar-refractivity contribution in [3.8, 4) is 17.2 Å². The van der Waals surface area contributed by atoms with Gasteiger partial charge in [-0.3, -0.25) is 4.79 Å². The van der Waals surface area contributed by atoms with Gasteiger partial charge < -0.3 is 14.5 Å². The molecule has 1 amide bonds. The minimum absolute atomic E-state index is 0.138. The summed E-state index contributed by atoms with van der Waals surface area (Å²) in [7, 11) is 1.58. The summed E-state index contributed by atoms with van der Waals surface area (Å²) in [6.07, 6.45) is 0.519. The first-order chi connectivity index (χ1) is 13.0. The summed E-state index contributed by atoms with van der Waals surface area (Å²) in [5.41, 5.74) is 1.64. The Kier molecular flexibility index (Phi) is 5.80. The van der Waals surface area contributed by atoms with E-state index in [0.717, 1.165) is 11.1 Å². The van der Waals surface area contributed by atoms with Crippen LogP contribution in [0.2, 0.25) is 0 Å². The van der Waals surface area contributed by atoms with Crippen LogP contribution in [0, 0.1) is 11.7 Å². The molecule has 1 atom stereocenters. The molecule has 0 aliphatic carbocycles. The molecular formula is C20H20FN3O3. The Morgan fingerprint density at radius 2 is 2.00 bits per heavy atom. The summed E-state index contributed by atoms with van der Waals surface area (Å²) < 4.78 is 23.7. The third-order valence-corrected chi connectivity index (χ3v) is 4.10. The van der Waals surface area contributed by atoms with Crippen molar-refractivity contribution in [2.45, 2.75) is 19.9 Å². The Labute approximate surface area is 156 Å². The Balaban J connectivity index is 1.55. The monoisotopic (exact) mass is 369 g/mol. The Morgan fingerprint density at radius 1 is 1.22 bits per heavy atom. The van der Waals surface area contributed by atoms with Gasteiger partial charge in [-0.05, 0) is 42.3 Å². The van der Waals surface area contributed by atoms with Gasteiger partial charge in [0, 0.05) is 11.5 Å². The van der Waals surface area contributed by atoms with Crippen molar-refractivity contribution in [2.75, 3.05) is 7.11 Å². The highest BCUT2D eigenvalue weighted by Gasteiger charge is 2.15. The second-order valence-electron chi connectivity index (χ2n) is 6.18. The van der Waals surface area contributed by atoms with Gasteiger partial charge in [-0.25, -0.2) is 4.39 Å². The Hall–Kier alpha value is -3.22. The molecule has 0 spiro atoms. The van der Waals surface area contributed by atoms with Gasteiger partial charge in [0.15, 0.2) is 0 Å². The van der Waals surface area contributed by atoms with Crippen LogP contribution in [0.25, 0.3) is 11.5 Å². The summed E-state index contributed by atoms with van der Waals surface area (Å²) in [6.45, 7) is 1.96. The maximum atomic E-state index is 12.9. The molecule has 27 heavy (non-hydrogen) atoms. The normalized spacial score (nSPS) is 11.8. The fourth-order valence-electron chi connectivity index (χ4n) is 2.60. The molecule has 0 radical (unpaired) electrons. The van der Waals surface area contributed by atoms with Crippen LogP contribution in [0.4, 0.5) is 4.39 Å². The molecule has 3 aromatic rings. The van der Waals surface area contributed by atoms with Crippen LogP contribution in [-0.4, -0.2) is 23.2 Å². The van der Waals surface area contributed by atoms with Gasteiger partial charge in [-0.1, -0.05) is 25.1 Å². The van der Waals surface area contributed by atoms with Gasteiger partial charge in [0.05, 0.1) is 13.7 Å².